The number of benzene rings is 3. The molecule has 2 aliphatic heterocycles. The summed E-state index contributed by atoms with van der Waals surface area (Å²) < 4.78 is 22.8. The predicted molar refractivity (Wildman–Crippen MR) is 167 cm³/mol. The van der Waals surface area contributed by atoms with Crippen molar-refractivity contribution in [1.29, 1.82) is 0 Å². The normalized spacial score (nSPS) is 18.4. The fourth-order valence-electron chi connectivity index (χ4n) is 5.76. The maximum Gasteiger partial charge on any atom is 0.295 e. The van der Waals surface area contributed by atoms with Gasteiger partial charge in [0.15, 0.2) is 11.5 Å². The lowest BCUT2D eigenvalue weighted by Crippen LogP contribution is -2.39. The molecular weight excluding hydrogens is 560 g/mol. The smallest absolute Gasteiger partial charge is 0.295 e. The van der Waals surface area contributed by atoms with Gasteiger partial charge in [-0.3, -0.25) is 14.5 Å². The van der Waals surface area contributed by atoms with Gasteiger partial charge >= 0.3 is 0 Å². The van der Waals surface area contributed by atoms with Gasteiger partial charge in [-0.05, 0) is 67.3 Å². The minimum absolute atomic E-state index is 0.0497. The molecule has 2 fully saturated rings. The second-order valence-electron chi connectivity index (χ2n) is 10.9. The first-order valence-electron chi connectivity index (χ1n) is 15.1. The highest BCUT2D eigenvalue weighted by Gasteiger charge is 2.46. The standard InChI is InChI=1S/C35H40N2O7/c1-4-43-27-12-13-28(24(2)21-27)33(38)31-32(37(35(40)34(31)39)16-8-15-36-17-19-42-20-18-36)26-11-14-29(30(22-26)41-3)44-23-25-9-6-5-7-10-25/h5-7,9-14,21-22,32,38H,4,8,15-20,23H2,1-3H3/b33-31+. The van der Waals surface area contributed by atoms with Crippen LogP contribution in [0.5, 0.6) is 17.2 Å². The van der Waals surface area contributed by atoms with Gasteiger partial charge in [0.1, 0.15) is 18.1 Å². The number of aliphatic hydroxyl groups is 1. The van der Waals surface area contributed by atoms with E-state index in [1.807, 2.05) is 56.3 Å². The molecule has 2 heterocycles. The molecule has 9 heteroatoms. The highest BCUT2D eigenvalue weighted by Crippen LogP contribution is 2.42. The monoisotopic (exact) mass is 600 g/mol. The van der Waals surface area contributed by atoms with Gasteiger partial charge in [-0.25, -0.2) is 0 Å². The van der Waals surface area contributed by atoms with Gasteiger partial charge in [0.05, 0.1) is 38.5 Å². The number of hydrogen-bond donors (Lipinski definition) is 1. The van der Waals surface area contributed by atoms with Crippen LogP contribution >= 0.6 is 0 Å². The first-order valence-corrected chi connectivity index (χ1v) is 15.1. The van der Waals surface area contributed by atoms with Crippen molar-refractivity contribution in [1.82, 2.24) is 9.80 Å². The second-order valence-corrected chi connectivity index (χ2v) is 10.9. The van der Waals surface area contributed by atoms with Gasteiger partial charge in [-0.1, -0.05) is 36.4 Å². The molecule has 232 valence electrons. The zero-order chi connectivity index (χ0) is 31.1. The van der Waals surface area contributed by atoms with Gasteiger partial charge in [0.25, 0.3) is 11.7 Å². The Kier molecular flexibility index (Phi) is 10.2. The van der Waals surface area contributed by atoms with Crippen molar-refractivity contribution >= 4 is 17.4 Å². The highest BCUT2D eigenvalue weighted by atomic mass is 16.5. The second kappa shape index (κ2) is 14.4. The van der Waals surface area contributed by atoms with E-state index in [9.17, 15) is 14.7 Å². The Morgan fingerprint density at radius 3 is 2.43 bits per heavy atom. The van der Waals surface area contributed by atoms with Crippen molar-refractivity contribution in [2.45, 2.75) is 32.9 Å². The fraction of sp³-hybridized carbons (Fsp3) is 0.371. The van der Waals surface area contributed by atoms with Gasteiger partial charge in [0, 0.05) is 31.7 Å². The first kappa shape index (κ1) is 31.1. The van der Waals surface area contributed by atoms with Crippen LogP contribution in [0.3, 0.4) is 0 Å². The first-order chi connectivity index (χ1) is 21.4. The average molecular weight is 601 g/mol. The number of likely N-dealkylation sites (tertiary alicyclic amines) is 1. The molecule has 1 atom stereocenters. The van der Waals surface area contributed by atoms with E-state index in [2.05, 4.69) is 4.90 Å². The Bertz CT molecular complexity index is 1500. The molecule has 3 aromatic rings. The number of carbonyl (C=O) groups is 2. The third kappa shape index (κ3) is 6.90. The van der Waals surface area contributed by atoms with Crippen LogP contribution in [0.1, 0.15) is 41.6 Å². The number of ketones is 1. The third-order valence-corrected chi connectivity index (χ3v) is 8.02. The number of ether oxygens (including phenoxy) is 4. The van der Waals surface area contributed by atoms with E-state index in [-0.39, 0.29) is 11.3 Å². The van der Waals surface area contributed by atoms with E-state index in [1.165, 1.54) is 0 Å². The number of carbonyl (C=O) groups excluding carboxylic acids is 2. The SMILES string of the molecule is CCOc1ccc(/C(O)=C2\C(=O)C(=O)N(CCCN3CCOCC3)C2c2ccc(OCc3ccccc3)c(OC)c2)c(C)c1. The number of aryl methyl sites for hydroxylation is 1. The Morgan fingerprint density at radius 1 is 0.955 bits per heavy atom. The summed E-state index contributed by atoms with van der Waals surface area (Å²) in [6.07, 6.45) is 0.668. The summed E-state index contributed by atoms with van der Waals surface area (Å²) in [5, 5.41) is 11.6. The molecule has 5 rings (SSSR count). The van der Waals surface area contributed by atoms with Crippen molar-refractivity contribution in [2.75, 3.05) is 53.1 Å². The van der Waals surface area contributed by atoms with Gasteiger partial charge in [-0.15, -0.1) is 0 Å². The Morgan fingerprint density at radius 2 is 1.73 bits per heavy atom. The lowest BCUT2D eigenvalue weighted by molar-refractivity contribution is -0.140. The topological polar surface area (TPSA) is 97.8 Å². The van der Waals surface area contributed by atoms with Gasteiger partial charge in [-0.2, -0.15) is 0 Å². The molecule has 44 heavy (non-hydrogen) atoms. The summed E-state index contributed by atoms with van der Waals surface area (Å²) in [4.78, 5) is 31.0. The van der Waals surface area contributed by atoms with E-state index in [1.54, 1.807) is 36.3 Å². The van der Waals surface area contributed by atoms with E-state index in [0.717, 1.165) is 30.8 Å². The van der Waals surface area contributed by atoms with Crippen LogP contribution in [-0.4, -0.2) is 79.7 Å². The number of methoxy groups -OCH3 is 1. The largest absolute Gasteiger partial charge is 0.507 e. The maximum absolute atomic E-state index is 13.6. The molecule has 0 aromatic heterocycles. The molecule has 1 amide bonds. The number of amides is 1. The minimum Gasteiger partial charge on any atom is -0.507 e. The fourth-order valence-corrected chi connectivity index (χ4v) is 5.76. The molecule has 0 radical (unpaired) electrons. The molecule has 2 saturated heterocycles. The Hall–Kier alpha value is -4.34. The number of rotatable bonds is 12. The summed E-state index contributed by atoms with van der Waals surface area (Å²) >= 11 is 0. The number of aliphatic hydroxyl groups excluding tert-OH is 1. The van der Waals surface area contributed by atoms with Crippen LogP contribution in [0, 0.1) is 6.92 Å². The quantitative estimate of drug-likeness (QED) is 0.174. The number of morpholine rings is 1. The lowest BCUT2D eigenvalue weighted by atomic mass is 9.93. The van der Waals surface area contributed by atoms with Gasteiger partial charge in [0.2, 0.25) is 0 Å². The predicted octanol–water partition coefficient (Wildman–Crippen LogP) is 5.13. The third-order valence-electron chi connectivity index (χ3n) is 8.02. The Labute approximate surface area is 258 Å². The van der Waals surface area contributed by atoms with Gasteiger partial charge < -0.3 is 29.0 Å². The van der Waals surface area contributed by atoms with E-state index in [0.29, 0.717) is 67.8 Å². The van der Waals surface area contributed by atoms with Crippen molar-refractivity contribution in [3.05, 3.63) is 94.6 Å². The van der Waals surface area contributed by atoms with Crippen molar-refractivity contribution in [3.8, 4) is 17.2 Å². The van der Waals surface area contributed by atoms with Crippen molar-refractivity contribution in [3.63, 3.8) is 0 Å². The van der Waals surface area contributed by atoms with Crippen LogP contribution in [0.15, 0.2) is 72.3 Å². The van der Waals surface area contributed by atoms with Crippen molar-refractivity contribution < 1.29 is 33.6 Å². The molecule has 0 spiro atoms. The summed E-state index contributed by atoms with van der Waals surface area (Å²) in [5.41, 5.74) is 2.91. The number of nitrogens with zero attached hydrogens (tertiary/aromatic N) is 2. The maximum atomic E-state index is 13.6. The van der Waals surface area contributed by atoms with Crippen LogP contribution in [-0.2, 0) is 20.9 Å². The molecule has 9 nitrogen and oxygen atoms in total. The molecule has 3 aromatic carbocycles. The molecule has 0 bridgehead atoms. The molecule has 0 aliphatic carbocycles. The molecular formula is C35H40N2O7. The summed E-state index contributed by atoms with van der Waals surface area (Å²) in [5.74, 6) is 0.104. The lowest BCUT2D eigenvalue weighted by Gasteiger charge is -2.29. The van der Waals surface area contributed by atoms with E-state index >= 15 is 0 Å². The zero-order valence-electron chi connectivity index (χ0n) is 25.6. The highest BCUT2D eigenvalue weighted by molar-refractivity contribution is 6.46. The van der Waals surface area contributed by atoms with E-state index < -0.39 is 17.7 Å². The molecule has 1 N–H and O–H groups in total. The summed E-state index contributed by atoms with van der Waals surface area (Å²) in [7, 11) is 1.55. The van der Waals surface area contributed by atoms with E-state index in [4.69, 9.17) is 18.9 Å². The van der Waals surface area contributed by atoms with Crippen molar-refractivity contribution in [2.24, 2.45) is 0 Å². The number of hydrogen-bond acceptors (Lipinski definition) is 8. The van der Waals surface area contributed by atoms with Crippen LogP contribution in [0.25, 0.3) is 5.76 Å². The average Bonchev–Trinajstić information content (AvgIpc) is 3.30. The van der Waals surface area contributed by atoms with Crippen LogP contribution in [0.4, 0.5) is 0 Å². The number of Topliss-reactive ketones (excluding diaryl/α,β-unsaturated/α-hetero) is 1. The molecule has 0 saturated carbocycles. The summed E-state index contributed by atoms with van der Waals surface area (Å²) in [6, 6.07) is 19.7. The summed E-state index contributed by atoms with van der Waals surface area (Å²) in [6.45, 7) is 8.76. The molecule has 1 unspecified atom stereocenters. The van der Waals surface area contributed by atoms with Crippen LogP contribution < -0.4 is 14.2 Å². The van der Waals surface area contributed by atoms with Crippen LogP contribution in [0.2, 0.25) is 0 Å². The zero-order valence-corrected chi connectivity index (χ0v) is 25.6. The minimum atomic E-state index is -0.803. The molecule has 2 aliphatic rings. The Balaban J connectivity index is 1.50.